The van der Waals surface area contributed by atoms with Crippen molar-refractivity contribution in [3.05, 3.63) is 71.4 Å². The fourth-order valence-corrected chi connectivity index (χ4v) is 2.84. The zero-order valence-corrected chi connectivity index (χ0v) is 14.6. The minimum atomic E-state index is -3.25. The molecule has 4 heteroatoms. The summed E-state index contributed by atoms with van der Waals surface area (Å²) < 4.78 is 5.73. The van der Waals surface area contributed by atoms with E-state index in [2.05, 4.69) is 12.1 Å². The third-order valence-electron chi connectivity index (χ3n) is 3.75. The molecule has 0 heterocycles. The smallest absolute Gasteiger partial charge is 0.362 e. The summed E-state index contributed by atoms with van der Waals surface area (Å²) >= 11 is 0. The molecule has 122 valence electrons. The van der Waals surface area contributed by atoms with Crippen molar-refractivity contribution in [2.24, 2.45) is 0 Å². The fraction of sp³-hybridized carbons (Fsp3) is 0.263. The van der Waals surface area contributed by atoms with Crippen molar-refractivity contribution in [3.8, 4) is 5.75 Å². The highest BCUT2D eigenvalue weighted by atomic mass is 28.4. The van der Waals surface area contributed by atoms with Gasteiger partial charge in [-0.3, -0.25) is 0 Å². The topological polar surface area (TPSA) is 49.7 Å². The number of benzene rings is 2. The summed E-state index contributed by atoms with van der Waals surface area (Å²) in [5, 5.41) is 0. The monoisotopic (exact) mass is 328 g/mol. The van der Waals surface area contributed by atoms with Crippen LogP contribution in [0.5, 0.6) is 5.75 Å². The molecule has 0 aromatic heterocycles. The Morgan fingerprint density at radius 2 is 1.65 bits per heavy atom. The summed E-state index contributed by atoms with van der Waals surface area (Å²) in [5.41, 5.74) is 3.61. The lowest BCUT2D eigenvalue weighted by atomic mass is 10.2. The molecule has 0 bridgehead atoms. The van der Waals surface area contributed by atoms with Gasteiger partial charge in [0.05, 0.1) is 6.61 Å². The van der Waals surface area contributed by atoms with Crippen molar-refractivity contribution in [1.29, 1.82) is 0 Å². The van der Waals surface area contributed by atoms with E-state index in [1.54, 1.807) is 11.8 Å². The van der Waals surface area contributed by atoms with Gasteiger partial charge in [0.25, 0.3) is 0 Å². The molecule has 0 unspecified atom stereocenters. The number of ether oxygens (including phenoxy) is 1. The molecule has 3 nitrogen and oxygen atoms in total. The molecule has 2 rings (SSSR count). The molecule has 0 saturated heterocycles. The highest BCUT2D eigenvalue weighted by molar-refractivity contribution is 6.72. The van der Waals surface area contributed by atoms with Crippen LogP contribution in [0.15, 0.2) is 60.3 Å². The third-order valence-corrected chi connectivity index (χ3v) is 6.11. The molecule has 0 radical (unpaired) electrons. The molecule has 2 aromatic rings. The van der Waals surface area contributed by atoms with Crippen molar-refractivity contribution in [2.45, 2.75) is 25.8 Å². The predicted molar refractivity (Wildman–Crippen MR) is 96.4 cm³/mol. The van der Waals surface area contributed by atoms with Gasteiger partial charge in [-0.25, -0.2) is 0 Å². The van der Waals surface area contributed by atoms with Crippen LogP contribution in [0.25, 0.3) is 6.08 Å². The zero-order valence-electron chi connectivity index (χ0n) is 13.6. The highest BCUT2D eigenvalue weighted by Crippen LogP contribution is 2.18. The summed E-state index contributed by atoms with van der Waals surface area (Å²) in [6.07, 6.45) is 2.64. The van der Waals surface area contributed by atoms with Gasteiger partial charge in [0.2, 0.25) is 0 Å². The van der Waals surface area contributed by atoms with E-state index in [1.165, 1.54) is 5.56 Å². The number of hydrogen-bond acceptors (Lipinski definition) is 3. The predicted octanol–water partition coefficient (Wildman–Crippen LogP) is 3.70. The van der Waals surface area contributed by atoms with Crippen LogP contribution in [0.4, 0.5) is 0 Å². The molecule has 0 spiro atoms. The Hall–Kier alpha value is -1.88. The first-order valence-corrected chi connectivity index (χ1v) is 9.93. The van der Waals surface area contributed by atoms with Gasteiger partial charge in [-0.2, -0.15) is 0 Å². The molecule has 0 saturated carbocycles. The second kappa shape index (κ2) is 8.11. The maximum atomic E-state index is 9.91. The van der Waals surface area contributed by atoms with E-state index in [0.717, 1.165) is 17.7 Å². The molecule has 0 atom stereocenters. The molecule has 0 aliphatic heterocycles. The lowest BCUT2D eigenvalue weighted by Gasteiger charge is -2.17. The van der Waals surface area contributed by atoms with Crippen molar-refractivity contribution in [1.82, 2.24) is 0 Å². The Balaban J connectivity index is 1.86. The molecular weight excluding hydrogens is 304 g/mol. The molecule has 0 aliphatic rings. The molecule has 0 aliphatic carbocycles. The third kappa shape index (κ3) is 5.67. The van der Waals surface area contributed by atoms with Crippen LogP contribution in [-0.4, -0.2) is 24.8 Å². The molecule has 0 fully saturated rings. The number of hydrogen-bond donors (Lipinski definition) is 2. The molecule has 0 amide bonds. The van der Waals surface area contributed by atoms with Crippen molar-refractivity contribution in [3.63, 3.8) is 0 Å². The van der Waals surface area contributed by atoms with E-state index in [0.29, 0.717) is 6.61 Å². The molecule has 2 aromatic carbocycles. The summed E-state index contributed by atoms with van der Waals surface area (Å²) in [4.78, 5) is 19.8. The Kier molecular flexibility index (Phi) is 6.16. The second-order valence-electron chi connectivity index (χ2n) is 5.92. The first-order chi connectivity index (χ1) is 11.0. The summed E-state index contributed by atoms with van der Waals surface area (Å²) in [6, 6.07) is 17.9. The average molecular weight is 328 g/mol. The Bertz CT molecular complexity index is 619. The standard InChI is InChI=1S/C19H24O3Si/c1-16(2)23(20,21)15-13-18-8-10-19(11-9-18)22-14-12-17-6-4-3-5-7-17/h3-11,13,15-16,20-21H,12,14H2,1-2H3. The molecule has 23 heavy (non-hydrogen) atoms. The van der Waals surface area contributed by atoms with Crippen LogP contribution < -0.4 is 4.74 Å². The van der Waals surface area contributed by atoms with Gasteiger partial charge in [-0.05, 0) is 29.0 Å². The highest BCUT2D eigenvalue weighted by Gasteiger charge is 2.29. The van der Waals surface area contributed by atoms with E-state index < -0.39 is 8.56 Å². The van der Waals surface area contributed by atoms with Crippen molar-refractivity contribution >= 4 is 14.6 Å². The maximum Gasteiger partial charge on any atom is 0.362 e. The quantitative estimate of drug-likeness (QED) is 0.762. The first kappa shape index (κ1) is 17.5. The summed E-state index contributed by atoms with van der Waals surface area (Å²) in [7, 11) is -3.25. The minimum absolute atomic E-state index is 0.126. The number of rotatable bonds is 7. The van der Waals surface area contributed by atoms with E-state index in [9.17, 15) is 9.59 Å². The van der Waals surface area contributed by atoms with Gasteiger partial charge in [-0.1, -0.05) is 62.4 Å². The summed E-state index contributed by atoms with van der Waals surface area (Å²) in [6.45, 7) is 4.27. The van der Waals surface area contributed by atoms with Gasteiger partial charge in [0, 0.05) is 12.0 Å². The van der Waals surface area contributed by atoms with Gasteiger partial charge in [0.1, 0.15) is 5.75 Å². The van der Waals surface area contributed by atoms with Gasteiger partial charge in [0.15, 0.2) is 0 Å². The SMILES string of the molecule is CC(C)[Si](O)(O)C=Cc1ccc(OCCc2ccccc2)cc1. The molecule has 2 N–H and O–H groups in total. The van der Waals surface area contributed by atoms with E-state index in [1.807, 2.05) is 56.3 Å². The van der Waals surface area contributed by atoms with E-state index in [4.69, 9.17) is 4.74 Å². The molecular formula is C19H24O3Si. The van der Waals surface area contributed by atoms with Crippen LogP contribution in [0.2, 0.25) is 5.54 Å². The van der Waals surface area contributed by atoms with Crippen LogP contribution in [0.1, 0.15) is 25.0 Å². The van der Waals surface area contributed by atoms with Crippen LogP contribution in [-0.2, 0) is 6.42 Å². The Morgan fingerprint density at radius 1 is 1.00 bits per heavy atom. The van der Waals surface area contributed by atoms with Crippen LogP contribution in [0.3, 0.4) is 0 Å². The van der Waals surface area contributed by atoms with Crippen molar-refractivity contribution in [2.75, 3.05) is 6.61 Å². The van der Waals surface area contributed by atoms with Gasteiger partial charge in [-0.15, -0.1) is 0 Å². The summed E-state index contributed by atoms with van der Waals surface area (Å²) in [5.74, 6) is 0.818. The van der Waals surface area contributed by atoms with E-state index >= 15 is 0 Å². The second-order valence-corrected chi connectivity index (χ2v) is 8.98. The van der Waals surface area contributed by atoms with Crippen LogP contribution >= 0.6 is 0 Å². The minimum Gasteiger partial charge on any atom is -0.493 e. The van der Waals surface area contributed by atoms with E-state index in [-0.39, 0.29) is 5.54 Å². The Morgan fingerprint density at radius 3 is 2.26 bits per heavy atom. The lowest BCUT2D eigenvalue weighted by molar-refractivity contribution is 0.322. The van der Waals surface area contributed by atoms with Crippen LogP contribution in [0, 0.1) is 0 Å². The average Bonchev–Trinajstić information content (AvgIpc) is 2.55. The normalized spacial score (nSPS) is 12.0. The zero-order chi connectivity index (χ0) is 16.7. The fourth-order valence-electron chi connectivity index (χ4n) is 2.02. The Labute approximate surface area is 139 Å². The van der Waals surface area contributed by atoms with Gasteiger partial charge < -0.3 is 14.3 Å². The van der Waals surface area contributed by atoms with Gasteiger partial charge >= 0.3 is 8.56 Å². The maximum absolute atomic E-state index is 9.91. The largest absolute Gasteiger partial charge is 0.493 e. The van der Waals surface area contributed by atoms with Crippen molar-refractivity contribution < 1.29 is 14.3 Å². The lowest BCUT2D eigenvalue weighted by Crippen LogP contribution is -2.35. The first-order valence-electron chi connectivity index (χ1n) is 7.88.